The van der Waals surface area contributed by atoms with Crippen LogP contribution in [-0.4, -0.2) is 34.1 Å². The molecule has 3 N–H and O–H groups in total. The van der Waals surface area contributed by atoms with Gasteiger partial charge in [0.05, 0.1) is 0 Å². The van der Waals surface area contributed by atoms with E-state index in [2.05, 4.69) is 9.97 Å². The van der Waals surface area contributed by atoms with Gasteiger partial charge in [-0.05, 0) is 6.92 Å². The summed E-state index contributed by atoms with van der Waals surface area (Å²) in [5.74, 6) is -0.532. The number of rotatable bonds is 3. The van der Waals surface area contributed by atoms with Crippen LogP contribution in [0.1, 0.15) is 6.92 Å². The Kier molecular flexibility index (Phi) is 3.31. The molecule has 0 aliphatic rings. The predicted octanol–water partition coefficient (Wildman–Crippen LogP) is 0.621. The van der Waals surface area contributed by atoms with E-state index in [1.807, 2.05) is 0 Å². The fraction of sp³-hybridized carbons (Fsp3) is 0.375. The first-order valence-electron chi connectivity index (χ1n) is 4.16. The molecule has 0 amide bonds. The lowest BCUT2D eigenvalue weighted by Gasteiger charge is -2.23. The summed E-state index contributed by atoms with van der Waals surface area (Å²) < 4.78 is 0. The van der Waals surface area contributed by atoms with E-state index in [0.717, 1.165) is 0 Å². The van der Waals surface area contributed by atoms with Crippen LogP contribution in [0.5, 0.6) is 0 Å². The van der Waals surface area contributed by atoms with E-state index in [4.69, 9.17) is 22.4 Å². The van der Waals surface area contributed by atoms with Gasteiger partial charge in [-0.15, -0.1) is 0 Å². The maximum Gasteiger partial charge on any atom is 0.326 e. The number of likely N-dealkylation sites (N-methyl/N-ethyl adjacent to an activating group) is 1. The van der Waals surface area contributed by atoms with Gasteiger partial charge >= 0.3 is 5.97 Å². The van der Waals surface area contributed by atoms with Gasteiger partial charge in [-0.3, -0.25) is 0 Å². The fourth-order valence-corrected chi connectivity index (χ4v) is 1.20. The molecule has 1 aromatic heterocycles. The number of nitrogen functional groups attached to an aromatic ring is 1. The van der Waals surface area contributed by atoms with Crippen molar-refractivity contribution < 1.29 is 9.90 Å². The summed E-state index contributed by atoms with van der Waals surface area (Å²) >= 11 is 5.85. The Morgan fingerprint density at radius 1 is 1.67 bits per heavy atom. The Morgan fingerprint density at radius 2 is 2.27 bits per heavy atom. The number of carboxylic acid groups (broad SMARTS) is 1. The van der Waals surface area contributed by atoms with Crippen molar-refractivity contribution in [3.8, 4) is 0 Å². The first-order valence-corrected chi connectivity index (χ1v) is 4.54. The number of halogens is 1. The van der Waals surface area contributed by atoms with Crippen LogP contribution in [0.15, 0.2) is 6.33 Å². The minimum Gasteiger partial charge on any atom is -0.480 e. The summed E-state index contributed by atoms with van der Waals surface area (Å²) in [6.45, 7) is 1.52. The van der Waals surface area contributed by atoms with Crippen molar-refractivity contribution in [1.29, 1.82) is 0 Å². The number of carbonyl (C=O) groups is 1. The molecule has 0 fully saturated rings. The number of hydrogen-bond acceptors (Lipinski definition) is 5. The third-order valence-corrected chi connectivity index (χ3v) is 2.43. The lowest BCUT2D eigenvalue weighted by atomic mass is 10.3. The summed E-state index contributed by atoms with van der Waals surface area (Å²) in [4.78, 5) is 19.7. The molecule has 0 bridgehead atoms. The summed E-state index contributed by atoms with van der Waals surface area (Å²) in [6.07, 6.45) is 1.24. The van der Waals surface area contributed by atoms with Crippen LogP contribution in [0.4, 0.5) is 11.6 Å². The molecule has 7 heteroatoms. The average molecular weight is 231 g/mol. The number of carboxylic acids is 1. The highest BCUT2D eigenvalue weighted by atomic mass is 35.5. The molecule has 0 aromatic carbocycles. The van der Waals surface area contributed by atoms with Gasteiger partial charge in [-0.1, -0.05) is 11.6 Å². The van der Waals surface area contributed by atoms with Crippen LogP contribution < -0.4 is 10.6 Å². The highest BCUT2D eigenvalue weighted by molar-refractivity contribution is 6.35. The summed E-state index contributed by atoms with van der Waals surface area (Å²) in [7, 11) is 1.58. The van der Waals surface area contributed by atoms with Gasteiger partial charge in [-0.25, -0.2) is 14.8 Å². The zero-order valence-electron chi connectivity index (χ0n) is 8.31. The van der Waals surface area contributed by atoms with Crippen molar-refractivity contribution in [2.24, 2.45) is 0 Å². The molecular formula is C8H11ClN4O2. The second-order valence-electron chi connectivity index (χ2n) is 3.02. The molecule has 0 saturated carbocycles. The van der Waals surface area contributed by atoms with E-state index in [0.29, 0.717) is 5.82 Å². The highest BCUT2D eigenvalue weighted by Gasteiger charge is 2.21. The molecule has 15 heavy (non-hydrogen) atoms. The van der Waals surface area contributed by atoms with Crippen molar-refractivity contribution in [1.82, 2.24) is 9.97 Å². The lowest BCUT2D eigenvalue weighted by molar-refractivity contribution is -0.138. The van der Waals surface area contributed by atoms with E-state index in [1.165, 1.54) is 18.2 Å². The smallest absolute Gasteiger partial charge is 0.326 e. The molecule has 0 saturated heterocycles. The van der Waals surface area contributed by atoms with Gasteiger partial charge in [-0.2, -0.15) is 0 Å². The van der Waals surface area contributed by atoms with Gasteiger partial charge in [0.15, 0.2) is 5.82 Å². The summed E-state index contributed by atoms with van der Waals surface area (Å²) in [5, 5.41) is 8.97. The molecule has 0 radical (unpaired) electrons. The normalized spacial score (nSPS) is 12.2. The molecule has 1 unspecified atom stereocenters. The number of anilines is 2. The minimum absolute atomic E-state index is 0.131. The summed E-state index contributed by atoms with van der Waals surface area (Å²) in [5.41, 5.74) is 5.48. The molecule has 82 valence electrons. The van der Waals surface area contributed by atoms with E-state index in [9.17, 15) is 4.79 Å². The van der Waals surface area contributed by atoms with Gasteiger partial charge in [0, 0.05) is 7.05 Å². The first-order chi connectivity index (χ1) is 6.95. The Bertz CT molecular complexity index is 385. The SMILES string of the molecule is CC(C(=O)O)N(C)c1ncnc(N)c1Cl. The Balaban J connectivity index is 3.06. The number of hydrogen-bond donors (Lipinski definition) is 2. The van der Waals surface area contributed by atoms with E-state index in [-0.39, 0.29) is 10.8 Å². The Hall–Kier alpha value is -1.56. The Labute approximate surface area is 91.7 Å². The Morgan fingerprint density at radius 3 is 2.80 bits per heavy atom. The molecular weight excluding hydrogens is 220 g/mol. The van der Waals surface area contributed by atoms with E-state index >= 15 is 0 Å². The number of nitrogens with two attached hydrogens (primary N) is 1. The first kappa shape index (κ1) is 11.5. The van der Waals surface area contributed by atoms with E-state index < -0.39 is 12.0 Å². The van der Waals surface area contributed by atoms with E-state index in [1.54, 1.807) is 7.05 Å². The molecule has 0 aliphatic heterocycles. The predicted molar refractivity (Wildman–Crippen MR) is 57.0 cm³/mol. The maximum absolute atomic E-state index is 10.8. The van der Waals surface area contributed by atoms with Gasteiger partial charge < -0.3 is 15.7 Å². The third-order valence-electron chi connectivity index (χ3n) is 2.07. The number of aromatic nitrogens is 2. The van der Waals surface area contributed by atoms with Crippen molar-refractivity contribution >= 4 is 29.2 Å². The monoisotopic (exact) mass is 230 g/mol. The zero-order valence-corrected chi connectivity index (χ0v) is 9.06. The molecule has 1 heterocycles. The van der Waals surface area contributed by atoms with Crippen molar-refractivity contribution in [3.63, 3.8) is 0 Å². The standard InChI is InChI=1S/C8H11ClN4O2/c1-4(8(14)15)13(2)7-5(9)6(10)11-3-12-7/h3-4H,1-2H3,(H,14,15)(H2,10,11,12). The van der Waals surface area contributed by atoms with Crippen LogP contribution in [0.3, 0.4) is 0 Å². The van der Waals surface area contributed by atoms with Crippen LogP contribution in [0.25, 0.3) is 0 Å². The van der Waals surface area contributed by atoms with Gasteiger partial charge in [0.1, 0.15) is 23.2 Å². The van der Waals surface area contributed by atoms with Crippen LogP contribution in [0.2, 0.25) is 5.02 Å². The third kappa shape index (κ3) is 2.27. The topological polar surface area (TPSA) is 92.3 Å². The maximum atomic E-state index is 10.8. The largest absolute Gasteiger partial charge is 0.480 e. The molecule has 1 rings (SSSR count). The molecule has 6 nitrogen and oxygen atoms in total. The van der Waals surface area contributed by atoms with Crippen molar-refractivity contribution in [3.05, 3.63) is 11.3 Å². The minimum atomic E-state index is -0.967. The molecule has 0 spiro atoms. The van der Waals surface area contributed by atoms with Crippen LogP contribution in [0, 0.1) is 0 Å². The highest BCUT2D eigenvalue weighted by Crippen LogP contribution is 2.26. The average Bonchev–Trinajstić information content (AvgIpc) is 2.20. The van der Waals surface area contributed by atoms with Gasteiger partial charge in [0.2, 0.25) is 0 Å². The van der Waals surface area contributed by atoms with Crippen molar-refractivity contribution in [2.45, 2.75) is 13.0 Å². The van der Waals surface area contributed by atoms with Crippen molar-refractivity contribution in [2.75, 3.05) is 17.7 Å². The second kappa shape index (κ2) is 4.31. The molecule has 0 aliphatic carbocycles. The number of aliphatic carboxylic acids is 1. The second-order valence-corrected chi connectivity index (χ2v) is 3.40. The zero-order chi connectivity index (χ0) is 11.6. The number of nitrogens with zero attached hydrogens (tertiary/aromatic N) is 3. The fourth-order valence-electron chi connectivity index (χ4n) is 0.969. The quantitative estimate of drug-likeness (QED) is 0.791. The van der Waals surface area contributed by atoms with Crippen LogP contribution in [-0.2, 0) is 4.79 Å². The van der Waals surface area contributed by atoms with Crippen LogP contribution >= 0.6 is 11.6 Å². The molecule has 1 aromatic rings. The summed E-state index contributed by atoms with van der Waals surface area (Å²) in [6, 6.07) is -0.739. The molecule has 1 atom stereocenters. The van der Waals surface area contributed by atoms with Gasteiger partial charge in [0.25, 0.3) is 0 Å². The lowest BCUT2D eigenvalue weighted by Crippen LogP contribution is -2.36.